The predicted molar refractivity (Wildman–Crippen MR) is 110 cm³/mol. The molecule has 0 spiro atoms. The van der Waals surface area contributed by atoms with Gasteiger partial charge in [0.1, 0.15) is 5.69 Å². The lowest BCUT2D eigenvalue weighted by Gasteiger charge is -2.20. The van der Waals surface area contributed by atoms with Gasteiger partial charge >= 0.3 is 0 Å². The average molecular weight is 394 g/mol. The Balaban J connectivity index is 1.31. The molecule has 0 saturated carbocycles. The van der Waals surface area contributed by atoms with E-state index in [1.54, 1.807) is 6.20 Å². The lowest BCUT2D eigenvalue weighted by atomic mass is 9.89. The van der Waals surface area contributed by atoms with Crippen LogP contribution in [0.25, 0.3) is 11.5 Å². The van der Waals surface area contributed by atoms with Gasteiger partial charge in [-0.3, -0.25) is 14.9 Å². The summed E-state index contributed by atoms with van der Waals surface area (Å²) in [5, 5.41) is 10.6. The number of aryl methyl sites for hydroxylation is 2. The number of fused-ring (bicyclic) bond motifs is 1. The number of aromatic amines is 1. The van der Waals surface area contributed by atoms with Crippen molar-refractivity contribution in [2.45, 2.75) is 43.8 Å². The molecule has 1 aromatic carbocycles. The first kappa shape index (κ1) is 18.7. The Kier molecular flexibility index (Phi) is 5.71. The summed E-state index contributed by atoms with van der Waals surface area (Å²) in [4.78, 5) is 21.0. The van der Waals surface area contributed by atoms with Gasteiger partial charge in [0.05, 0.1) is 11.8 Å². The van der Waals surface area contributed by atoms with Crippen LogP contribution in [-0.2, 0) is 17.6 Å². The van der Waals surface area contributed by atoms with Crippen LogP contribution in [0.5, 0.6) is 0 Å². The van der Waals surface area contributed by atoms with E-state index in [1.807, 2.05) is 25.1 Å². The molecule has 0 aliphatic heterocycles. The summed E-state index contributed by atoms with van der Waals surface area (Å²) < 4.78 is 0. The van der Waals surface area contributed by atoms with Crippen molar-refractivity contribution in [1.82, 2.24) is 25.5 Å². The van der Waals surface area contributed by atoms with Crippen LogP contribution in [0.15, 0.2) is 47.8 Å². The number of hydrogen-bond donors (Lipinski definition) is 2. The molecule has 2 N–H and O–H groups in total. The molecule has 2 heterocycles. The fourth-order valence-corrected chi connectivity index (χ4v) is 4.06. The number of amides is 1. The standard InChI is InChI=1S/C21H23N5OS/c1-14(16-10-9-15-6-2-3-7-17(15)12-16)23-19(27)13-28-21-24-20(25-26-21)18-8-4-5-11-22-18/h4-5,8-12,14H,2-3,6-7,13H2,1H3,(H,23,27)(H,24,25,26). The lowest BCUT2D eigenvalue weighted by molar-refractivity contribution is -0.119. The summed E-state index contributed by atoms with van der Waals surface area (Å²) in [5.74, 6) is 0.847. The largest absolute Gasteiger partial charge is 0.349 e. The molecular weight excluding hydrogens is 370 g/mol. The highest BCUT2D eigenvalue weighted by atomic mass is 32.2. The molecule has 6 nitrogen and oxygen atoms in total. The highest BCUT2D eigenvalue weighted by Crippen LogP contribution is 2.25. The predicted octanol–water partition coefficient (Wildman–Crippen LogP) is 3.72. The molecule has 1 aliphatic rings. The smallest absolute Gasteiger partial charge is 0.230 e. The molecule has 1 unspecified atom stereocenters. The number of H-pyrrole nitrogens is 1. The van der Waals surface area contributed by atoms with Crippen molar-refractivity contribution in [2.75, 3.05) is 5.75 Å². The molecule has 7 heteroatoms. The van der Waals surface area contributed by atoms with Crippen molar-refractivity contribution in [2.24, 2.45) is 0 Å². The molecule has 0 bridgehead atoms. The van der Waals surface area contributed by atoms with E-state index >= 15 is 0 Å². The van der Waals surface area contributed by atoms with Gasteiger partial charge in [0.25, 0.3) is 0 Å². The van der Waals surface area contributed by atoms with Crippen molar-refractivity contribution in [3.8, 4) is 11.5 Å². The van der Waals surface area contributed by atoms with Crippen LogP contribution >= 0.6 is 11.8 Å². The van der Waals surface area contributed by atoms with E-state index in [1.165, 1.54) is 42.2 Å². The summed E-state index contributed by atoms with van der Waals surface area (Å²) >= 11 is 1.31. The number of carbonyl (C=O) groups is 1. The second kappa shape index (κ2) is 8.56. The monoisotopic (exact) mass is 393 g/mol. The van der Waals surface area contributed by atoms with E-state index < -0.39 is 0 Å². The normalized spacial score (nSPS) is 14.3. The highest BCUT2D eigenvalue weighted by Gasteiger charge is 2.15. The molecule has 4 rings (SSSR count). The van der Waals surface area contributed by atoms with Gasteiger partial charge in [-0.2, -0.15) is 4.98 Å². The molecule has 3 aromatic rings. The van der Waals surface area contributed by atoms with E-state index in [0.29, 0.717) is 11.0 Å². The molecule has 1 atom stereocenters. The van der Waals surface area contributed by atoms with Gasteiger partial charge in [0, 0.05) is 6.20 Å². The zero-order chi connectivity index (χ0) is 19.3. The van der Waals surface area contributed by atoms with Gasteiger partial charge in [-0.15, -0.1) is 5.10 Å². The van der Waals surface area contributed by atoms with Gasteiger partial charge in [0.2, 0.25) is 11.1 Å². The Bertz CT molecular complexity index is 956. The molecule has 28 heavy (non-hydrogen) atoms. The number of rotatable bonds is 6. The number of benzene rings is 1. The Morgan fingerprint density at radius 1 is 1.21 bits per heavy atom. The van der Waals surface area contributed by atoms with Crippen LogP contribution < -0.4 is 5.32 Å². The summed E-state index contributed by atoms with van der Waals surface area (Å²) in [6.45, 7) is 2.03. The van der Waals surface area contributed by atoms with Crippen LogP contribution in [0, 0.1) is 0 Å². The van der Waals surface area contributed by atoms with E-state index in [9.17, 15) is 4.79 Å². The van der Waals surface area contributed by atoms with Gasteiger partial charge < -0.3 is 5.32 Å². The fraction of sp³-hybridized carbons (Fsp3) is 0.333. The average Bonchev–Trinajstić information content (AvgIpc) is 3.22. The van der Waals surface area contributed by atoms with Crippen LogP contribution in [-0.4, -0.2) is 31.8 Å². The maximum absolute atomic E-state index is 12.4. The minimum Gasteiger partial charge on any atom is -0.349 e. The number of aromatic nitrogens is 4. The van der Waals surface area contributed by atoms with Crippen molar-refractivity contribution in [3.05, 3.63) is 59.3 Å². The first-order chi connectivity index (χ1) is 13.7. The third kappa shape index (κ3) is 4.42. The van der Waals surface area contributed by atoms with Crippen LogP contribution in [0.3, 0.4) is 0 Å². The Morgan fingerprint density at radius 2 is 2.07 bits per heavy atom. The topological polar surface area (TPSA) is 83.6 Å². The zero-order valence-corrected chi connectivity index (χ0v) is 16.6. The molecule has 0 radical (unpaired) electrons. The number of pyridine rings is 1. The van der Waals surface area contributed by atoms with Crippen molar-refractivity contribution >= 4 is 17.7 Å². The summed E-state index contributed by atoms with van der Waals surface area (Å²) in [5.41, 5.74) is 4.78. The quantitative estimate of drug-likeness (QED) is 0.624. The van der Waals surface area contributed by atoms with E-state index in [2.05, 4.69) is 43.7 Å². The minimum atomic E-state index is -0.0283. The SMILES string of the molecule is CC(NC(=O)CSc1n[nH]c(-c2ccccn2)n1)c1ccc2c(c1)CCCC2. The van der Waals surface area contributed by atoms with Crippen LogP contribution in [0.4, 0.5) is 0 Å². The fourth-order valence-electron chi connectivity index (χ4n) is 3.45. The number of hydrogen-bond acceptors (Lipinski definition) is 5. The minimum absolute atomic E-state index is 0.0171. The second-order valence-electron chi connectivity index (χ2n) is 6.99. The maximum atomic E-state index is 12.4. The Labute approximate surface area is 168 Å². The summed E-state index contributed by atoms with van der Waals surface area (Å²) in [7, 11) is 0. The molecule has 1 amide bonds. The molecule has 2 aromatic heterocycles. The van der Waals surface area contributed by atoms with E-state index in [-0.39, 0.29) is 17.7 Å². The van der Waals surface area contributed by atoms with Gasteiger partial charge in [0.15, 0.2) is 5.82 Å². The summed E-state index contributed by atoms with van der Waals surface area (Å²) in [6.07, 6.45) is 6.55. The third-order valence-electron chi connectivity index (χ3n) is 4.95. The molecule has 144 valence electrons. The van der Waals surface area contributed by atoms with Crippen molar-refractivity contribution in [3.63, 3.8) is 0 Å². The number of carbonyl (C=O) groups excluding carboxylic acids is 1. The first-order valence-corrected chi connectivity index (χ1v) is 10.6. The second-order valence-corrected chi connectivity index (χ2v) is 7.94. The number of nitrogens with one attached hydrogen (secondary N) is 2. The van der Waals surface area contributed by atoms with Gasteiger partial charge in [-0.05, 0) is 61.4 Å². The Morgan fingerprint density at radius 3 is 2.89 bits per heavy atom. The molecule has 1 aliphatic carbocycles. The van der Waals surface area contributed by atoms with Crippen LogP contribution in [0.1, 0.15) is 42.5 Å². The first-order valence-electron chi connectivity index (χ1n) is 9.57. The zero-order valence-electron chi connectivity index (χ0n) is 15.8. The number of thioether (sulfide) groups is 1. The summed E-state index contributed by atoms with van der Waals surface area (Å²) in [6, 6.07) is 12.2. The Hall–Kier alpha value is -2.67. The maximum Gasteiger partial charge on any atom is 0.230 e. The van der Waals surface area contributed by atoms with Gasteiger partial charge in [-0.1, -0.05) is 36.0 Å². The van der Waals surface area contributed by atoms with E-state index in [4.69, 9.17) is 0 Å². The molecule has 0 fully saturated rings. The molecule has 0 saturated heterocycles. The van der Waals surface area contributed by atoms with Gasteiger partial charge in [-0.25, -0.2) is 0 Å². The number of nitrogens with zero attached hydrogens (tertiary/aromatic N) is 3. The van der Waals surface area contributed by atoms with Crippen molar-refractivity contribution < 1.29 is 4.79 Å². The van der Waals surface area contributed by atoms with E-state index in [0.717, 1.165) is 17.7 Å². The third-order valence-corrected chi connectivity index (χ3v) is 5.80. The molecular formula is C21H23N5OS. The van der Waals surface area contributed by atoms with Crippen LogP contribution in [0.2, 0.25) is 0 Å². The van der Waals surface area contributed by atoms with Crippen molar-refractivity contribution in [1.29, 1.82) is 0 Å². The highest BCUT2D eigenvalue weighted by molar-refractivity contribution is 7.99. The lowest BCUT2D eigenvalue weighted by Crippen LogP contribution is -2.28.